The summed E-state index contributed by atoms with van der Waals surface area (Å²) in [6, 6.07) is 15.5. The number of rotatable bonds is 6. The molecule has 1 aliphatic rings. The number of sulfonamides is 1. The number of piperidine rings is 1. The Hall–Kier alpha value is -2.84. The molecule has 1 amide bonds. The van der Waals surface area contributed by atoms with Gasteiger partial charge in [-0.3, -0.25) is 4.79 Å². The van der Waals surface area contributed by atoms with E-state index >= 15 is 0 Å². The van der Waals surface area contributed by atoms with E-state index in [0.717, 1.165) is 5.39 Å². The van der Waals surface area contributed by atoms with Crippen LogP contribution in [0, 0.1) is 5.92 Å². The number of carbonyl (C=O) groups excluding carboxylic acids is 1. The van der Waals surface area contributed by atoms with Crippen LogP contribution >= 0.6 is 0 Å². The third kappa shape index (κ3) is 4.31. The molecule has 164 valence electrons. The second-order valence-electron chi connectivity index (χ2n) is 7.77. The first kappa shape index (κ1) is 21.4. The molecular weight excluding hydrogens is 416 g/mol. The second-order valence-corrected chi connectivity index (χ2v) is 9.71. The predicted octanol–water partition coefficient (Wildman–Crippen LogP) is 3.72. The fourth-order valence-corrected chi connectivity index (χ4v) is 5.49. The first-order valence-corrected chi connectivity index (χ1v) is 11.8. The van der Waals surface area contributed by atoms with Gasteiger partial charge in [0.2, 0.25) is 15.9 Å². The van der Waals surface area contributed by atoms with E-state index in [-0.39, 0.29) is 23.4 Å². The number of para-hydroxylation sites is 1. The van der Waals surface area contributed by atoms with Crippen LogP contribution in [0.15, 0.2) is 63.9 Å². The van der Waals surface area contributed by atoms with Gasteiger partial charge in [0.15, 0.2) is 11.3 Å². The summed E-state index contributed by atoms with van der Waals surface area (Å²) in [4.78, 5) is 13.2. The normalized spacial score (nSPS) is 18.6. The molecule has 1 saturated heterocycles. The van der Waals surface area contributed by atoms with Crippen LogP contribution in [0.3, 0.4) is 0 Å². The Morgan fingerprint density at radius 2 is 1.97 bits per heavy atom. The number of carbonyl (C=O) groups is 1. The zero-order chi connectivity index (χ0) is 22.0. The quantitative estimate of drug-likeness (QED) is 0.629. The minimum absolute atomic E-state index is 0.170. The molecule has 8 heteroatoms. The van der Waals surface area contributed by atoms with E-state index in [1.54, 1.807) is 37.4 Å². The first-order valence-electron chi connectivity index (χ1n) is 10.3. The number of furan rings is 1. The molecule has 1 aliphatic heterocycles. The highest BCUT2D eigenvalue weighted by atomic mass is 32.2. The SMILES string of the molecule is COc1cccc2cc(C(C)NC(=O)C3CCCN(S(=O)(=O)c4ccccc4)C3)oc12. The lowest BCUT2D eigenvalue weighted by atomic mass is 9.98. The largest absolute Gasteiger partial charge is 0.493 e. The van der Waals surface area contributed by atoms with Gasteiger partial charge in [-0.05, 0) is 44.0 Å². The van der Waals surface area contributed by atoms with Crippen molar-refractivity contribution >= 4 is 26.9 Å². The van der Waals surface area contributed by atoms with Gasteiger partial charge in [0.05, 0.1) is 24.0 Å². The summed E-state index contributed by atoms with van der Waals surface area (Å²) in [5, 5.41) is 3.88. The van der Waals surface area contributed by atoms with Crippen molar-refractivity contribution in [3.05, 3.63) is 60.4 Å². The summed E-state index contributed by atoms with van der Waals surface area (Å²) >= 11 is 0. The fourth-order valence-electron chi connectivity index (χ4n) is 3.95. The van der Waals surface area contributed by atoms with Gasteiger partial charge >= 0.3 is 0 Å². The molecule has 0 bridgehead atoms. The van der Waals surface area contributed by atoms with Crippen molar-refractivity contribution in [3.63, 3.8) is 0 Å². The number of nitrogens with one attached hydrogen (secondary N) is 1. The van der Waals surface area contributed by atoms with E-state index < -0.39 is 15.9 Å². The molecule has 7 nitrogen and oxygen atoms in total. The Bertz CT molecular complexity index is 1170. The van der Waals surface area contributed by atoms with Gasteiger partial charge in [-0.2, -0.15) is 4.31 Å². The maximum Gasteiger partial charge on any atom is 0.243 e. The molecule has 0 spiro atoms. The van der Waals surface area contributed by atoms with Crippen LogP contribution in [-0.2, 0) is 14.8 Å². The molecule has 0 aliphatic carbocycles. The van der Waals surface area contributed by atoms with Gasteiger partial charge in [-0.25, -0.2) is 8.42 Å². The third-order valence-electron chi connectivity index (χ3n) is 5.67. The van der Waals surface area contributed by atoms with Crippen LogP contribution in [0.1, 0.15) is 31.6 Å². The van der Waals surface area contributed by atoms with Crippen LogP contribution in [0.25, 0.3) is 11.0 Å². The Morgan fingerprint density at radius 3 is 2.71 bits per heavy atom. The summed E-state index contributed by atoms with van der Waals surface area (Å²) in [6.07, 6.45) is 1.29. The fraction of sp³-hybridized carbons (Fsp3) is 0.348. The van der Waals surface area contributed by atoms with E-state index in [0.29, 0.717) is 36.5 Å². The lowest BCUT2D eigenvalue weighted by Gasteiger charge is -2.31. The number of hydrogen-bond donors (Lipinski definition) is 1. The summed E-state index contributed by atoms with van der Waals surface area (Å²) in [5.74, 6) is 0.676. The molecule has 3 aromatic rings. The summed E-state index contributed by atoms with van der Waals surface area (Å²) < 4.78 is 38.5. The molecule has 2 unspecified atom stereocenters. The van der Waals surface area contributed by atoms with Crippen LogP contribution in [0.5, 0.6) is 5.75 Å². The molecule has 1 fully saturated rings. The maximum absolute atomic E-state index is 12.9. The van der Waals surface area contributed by atoms with E-state index in [9.17, 15) is 13.2 Å². The molecule has 31 heavy (non-hydrogen) atoms. The first-order chi connectivity index (χ1) is 14.9. The lowest BCUT2D eigenvalue weighted by molar-refractivity contribution is -0.126. The van der Waals surface area contributed by atoms with E-state index in [1.165, 1.54) is 4.31 Å². The summed E-state index contributed by atoms with van der Waals surface area (Å²) in [5.41, 5.74) is 0.638. The van der Waals surface area contributed by atoms with Crippen molar-refractivity contribution in [2.75, 3.05) is 20.2 Å². The average Bonchev–Trinajstić information content (AvgIpc) is 3.24. The van der Waals surface area contributed by atoms with Crippen molar-refractivity contribution in [2.45, 2.75) is 30.7 Å². The van der Waals surface area contributed by atoms with Crippen molar-refractivity contribution < 1.29 is 22.4 Å². The Kier molecular flexibility index (Phi) is 6.02. The van der Waals surface area contributed by atoms with Crippen LogP contribution in [-0.4, -0.2) is 38.8 Å². The Balaban J connectivity index is 1.46. The predicted molar refractivity (Wildman–Crippen MR) is 117 cm³/mol. The molecule has 4 rings (SSSR count). The molecular formula is C23H26N2O5S. The molecule has 0 radical (unpaired) electrons. The lowest BCUT2D eigenvalue weighted by Crippen LogP contribution is -2.45. The molecule has 2 aromatic carbocycles. The van der Waals surface area contributed by atoms with Crippen molar-refractivity contribution in [1.82, 2.24) is 9.62 Å². The van der Waals surface area contributed by atoms with Gasteiger partial charge in [0.25, 0.3) is 0 Å². The number of fused-ring (bicyclic) bond motifs is 1. The zero-order valence-corrected chi connectivity index (χ0v) is 18.4. The monoisotopic (exact) mass is 442 g/mol. The molecule has 1 N–H and O–H groups in total. The molecule has 1 aromatic heterocycles. The van der Waals surface area contributed by atoms with Gasteiger partial charge in [0.1, 0.15) is 5.76 Å². The number of nitrogens with zero attached hydrogens (tertiary/aromatic N) is 1. The molecule has 2 atom stereocenters. The number of benzene rings is 2. The molecule has 0 saturated carbocycles. The van der Waals surface area contributed by atoms with Crippen molar-refractivity contribution in [1.29, 1.82) is 0 Å². The topological polar surface area (TPSA) is 88.9 Å². The maximum atomic E-state index is 12.9. The minimum Gasteiger partial charge on any atom is -0.493 e. The van der Waals surface area contributed by atoms with Gasteiger partial charge < -0.3 is 14.5 Å². The Labute approximate surface area is 182 Å². The summed E-state index contributed by atoms with van der Waals surface area (Å²) in [6.45, 7) is 2.44. The minimum atomic E-state index is -3.61. The van der Waals surface area contributed by atoms with E-state index in [1.807, 2.05) is 31.2 Å². The average molecular weight is 443 g/mol. The van der Waals surface area contributed by atoms with Crippen LogP contribution < -0.4 is 10.1 Å². The van der Waals surface area contributed by atoms with Crippen LogP contribution in [0.2, 0.25) is 0 Å². The number of ether oxygens (including phenoxy) is 1. The third-order valence-corrected chi connectivity index (χ3v) is 7.55. The summed E-state index contributed by atoms with van der Waals surface area (Å²) in [7, 11) is -2.03. The second kappa shape index (κ2) is 8.72. The van der Waals surface area contributed by atoms with Gasteiger partial charge in [-0.15, -0.1) is 0 Å². The smallest absolute Gasteiger partial charge is 0.243 e. The van der Waals surface area contributed by atoms with Crippen LogP contribution in [0.4, 0.5) is 0 Å². The number of methoxy groups -OCH3 is 1. The van der Waals surface area contributed by atoms with Crippen molar-refractivity contribution in [3.8, 4) is 5.75 Å². The highest BCUT2D eigenvalue weighted by Crippen LogP contribution is 2.31. The van der Waals surface area contributed by atoms with Gasteiger partial charge in [0, 0.05) is 18.5 Å². The zero-order valence-electron chi connectivity index (χ0n) is 17.6. The Morgan fingerprint density at radius 1 is 1.19 bits per heavy atom. The van der Waals surface area contributed by atoms with E-state index in [4.69, 9.17) is 9.15 Å². The van der Waals surface area contributed by atoms with E-state index in [2.05, 4.69) is 5.32 Å². The number of hydrogen-bond acceptors (Lipinski definition) is 5. The highest BCUT2D eigenvalue weighted by Gasteiger charge is 2.33. The van der Waals surface area contributed by atoms with Gasteiger partial charge in [-0.1, -0.05) is 30.3 Å². The highest BCUT2D eigenvalue weighted by molar-refractivity contribution is 7.89. The standard InChI is InChI=1S/C23H26N2O5S/c1-16(21-14-17-8-6-12-20(29-2)22(17)30-21)24-23(26)18-9-7-13-25(15-18)31(27,28)19-10-4-3-5-11-19/h3-6,8,10-12,14,16,18H,7,9,13,15H2,1-2H3,(H,24,26). The number of amides is 1. The van der Waals surface area contributed by atoms with Crippen molar-refractivity contribution in [2.24, 2.45) is 5.92 Å². The molecule has 2 heterocycles.